The van der Waals surface area contributed by atoms with Gasteiger partial charge in [-0.2, -0.15) is 0 Å². The van der Waals surface area contributed by atoms with Crippen molar-refractivity contribution in [1.29, 1.82) is 0 Å². The minimum absolute atomic E-state index is 0.419. The van der Waals surface area contributed by atoms with Crippen molar-refractivity contribution in [3.8, 4) is 11.1 Å². The van der Waals surface area contributed by atoms with E-state index < -0.39 is 0 Å². The fourth-order valence-electron chi connectivity index (χ4n) is 1.85. The quantitative estimate of drug-likeness (QED) is 0.435. The molecule has 0 heterocycles. The minimum Gasteiger partial charge on any atom is -0.399 e. The van der Waals surface area contributed by atoms with Crippen molar-refractivity contribution in [2.24, 2.45) is 16.5 Å². The average molecular weight is 240 g/mol. The summed E-state index contributed by atoms with van der Waals surface area (Å²) >= 11 is 0. The molecule has 0 aliphatic heterocycles. The lowest BCUT2D eigenvalue weighted by Gasteiger charge is -2.07. The summed E-state index contributed by atoms with van der Waals surface area (Å²) in [6.45, 7) is 0.419. The van der Waals surface area contributed by atoms with Crippen molar-refractivity contribution in [3.63, 3.8) is 0 Å². The van der Waals surface area contributed by atoms with E-state index >= 15 is 0 Å². The van der Waals surface area contributed by atoms with Crippen LogP contribution in [0.1, 0.15) is 5.56 Å². The Morgan fingerprint density at radius 3 is 2.50 bits per heavy atom. The number of benzene rings is 2. The SMILES string of the molecule is N/C=N\c1ccc(-c2cccc(N)c2)cc1CN. The molecule has 0 aliphatic carbocycles. The van der Waals surface area contributed by atoms with Crippen LogP contribution in [0.2, 0.25) is 0 Å². The van der Waals surface area contributed by atoms with Gasteiger partial charge in [0.2, 0.25) is 0 Å². The van der Waals surface area contributed by atoms with Crippen LogP contribution in [0.5, 0.6) is 0 Å². The Labute approximate surface area is 106 Å². The minimum atomic E-state index is 0.419. The maximum absolute atomic E-state index is 5.78. The monoisotopic (exact) mass is 240 g/mol. The van der Waals surface area contributed by atoms with E-state index in [2.05, 4.69) is 4.99 Å². The van der Waals surface area contributed by atoms with E-state index in [0.717, 1.165) is 28.1 Å². The van der Waals surface area contributed by atoms with Gasteiger partial charge in [0.05, 0.1) is 12.0 Å². The van der Waals surface area contributed by atoms with Gasteiger partial charge in [-0.3, -0.25) is 0 Å². The highest BCUT2D eigenvalue weighted by molar-refractivity contribution is 5.71. The van der Waals surface area contributed by atoms with Gasteiger partial charge in [0.15, 0.2) is 0 Å². The van der Waals surface area contributed by atoms with Gasteiger partial charge in [0.1, 0.15) is 0 Å². The van der Waals surface area contributed by atoms with Crippen LogP contribution >= 0.6 is 0 Å². The molecule has 0 saturated heterocycles. The lowest BCUT2D eigenvalue weighted by Crippen LogP contribution is -1.98. The van der Waals surface area contributed by atoms with Crippen LogP contribution in [0.15, 0.2) is 47.5 Å². The molecule has 4 nitrogen and oxygen atoms in total. The van der Waals surface area contributed by atoms with Crippen LogP contribution in [-0.4, -0.2) is 6.34 Å². The number of nitrogens with two attached hydrogens (primary N) is 3. The molecule has 0 spiro atoms. The zero-order chi connectivity index (χ0) is 13.0. The van der Waals surface area contributed by atoms with Crippen LogP contribution in [0.4, 0.5) is 11.4 Å². The number of anilines is 1. The van der Waals surface area contributed by atoms with E-state index in [4.69, 9.17) is 17.2 Å². The topological polar surface area (TPSA) is 90.4 Å². The highest BCUT2D eigenvalue weighted by atomic mass is 14.8. The molecule has 4 heteroatoms. The van der Waals surface area contributed by atoms with Gasteiger partial charge < -0.3 is 17.2 Å². The third-order valence-corrected chi connectivity index (χ3v) is 2.73. The molecule has 0 saturated carbocycles. The fourth-order valence-corrected chi connectivity index (χ4v) is 1.85. The highest BCUT2D eigenvalue weighted by Gasteiger charge is 2.03. The van der Waals surface area contributed by atoms with E-state index in [9.17, 15) is 0 Å². The predicted molar refractivity (Wildman–Crippen MR) is 76.5 cm³/mol. The lowest BCUT2D eigenvalue weighted by atomic mass is 10.0. The summed E-state index contributed by atoms with van der Waals surface area (Å²) in [5.74, 6) is 0. The molecule has 0 fully saturated rings. The van der Waals surface area contributed by atoms with E-state index in [-0.39, 0.29) is 0 Å². The first kappa shape index (κ1) is 12.1. The second kappa shape index (κ2) is 5.33. The van der Waals surface area contributed by atoms with Crippen molar-refractivity contribution in [3.05, 3.63) is 48.0 Å². The lowest BCUT2D eigenvalue weighted by molar-refractivity contribution is 1.07. The summed E-state index contributed by atoms with van der Waals surface area (Å²) in [6.07, 6.45) is 1.27. The summed E-state index contributed by atoms with van der Waals surface area (Å²) in [5, 5.41) is 0. The summed E-state index contributed by atoms with van der Waals surface area (Å²) in [5.41, 5.74) is 21.4. The molecule has 0 atom stereocenters. The Bertz CT molecular complexity index is 576. The smallest absolute Gasteiger partial charge is 0.0860 e. The third-order valence-electron chi connectivity index (χ3n) is 2.73. The first-order valence-corrected chi connectivity index (χ1v) is 5.68. The van der Waals surface area contributed by atoms with E-state index in [0.29, 0.717) is 6.54 Å². The molecule has 2 aromatic rings. The van der Waals surface area contributed by atoms with Gasteiger partial charge in [0, 0.05) is 12.2 Å². The van der Waals surface area contributed by atoms with Crippen LogP contribution < -0.4 is 17.2 Å². The van der Waals surface area contributed by atoms with Crippen molar-refractivity contribution >= 4 is 17.7 Å². The van der Waals surface area contributed by atoms with Crippen LogP contribution in [0, 0.1) is 0 Å². The molecule has 6 N–H and O–H groups in total. The molecule has 0 radical (unpaired) electrons. The molecular weight excluding hydrogens is 224 g/mol. The first-order valence-electron chi connectivity index (χ1n) is 5.68. The second-order valence-electron chi connectivity index (χ2n) is 3.95. The Morgan fingerprint density at radius 1 is 1.06 bits per heavy atom. The molecule has 0 unspecified atom stereocenters. The number of aliphatic imine (C=N–C) groups is 1. The molecule has 0 bridgehead atoms. The number of nitrogens with zero attached hydrogens (tertiary/aromatic N) is 1. The third kappa shape index (κ3) is 2.49. The number of nitrogen functional groups attached to an aromatic ring is 1. The predicted octanol–water partition coefficient (Wildman–Crippen LogP) is 2.01. The van der Waals surface area contributed by atoms with E-state index in [1.165, 1.54) is 6.34 Å². The van der Waals surface area contributed by atoms with Crippen molar-refractivity contribution in [1.82, 2.24) is 0 Å². The van der Waals surface area contributed by atoms with Gasteiger partial charge >= 0.3 is 0 Å². The Kier molecular flexibility index (Phi) is 3.60. The molecule has 2 aromatic carbocycles. The molecule has 2 rings (SSSR count). The van der Waals surface area contributed by atoms with Crippen molar-refractivity contribution in [2.75, 3.05) is 5.73 Å². The van der Waals surface area contributed by atoms with Gasteiger partial charge in [-0.05, 0) is 41.0 Å². The highest BCUT2D eigenvalue weighted by Crippen LogP contribution is 2.27. The van der Waals surface area contributed by atoms with Gasteiger partial charge in [-0.25, -0.2) is 4.99 Å². The standard InChI is InChI=1S/C14H16N4/c15-8-12-6-11(4-5-14(12)18-9-16)10-2-1-3-13(17)7-10/h1-7,9H,8,15,17H2,(H2,16,18). The molecule has 0 aromatic heterocycles. The van der Waals surface area contributed by atoms with Crippen molar-refractivity contribution in [2.45, 2.75) is 6.54 Å². The molecular formula is C14H16N4. The molecule has 0 amide bonds. The first-order chi connectivity index (χ1) is 8.74. The number of rotatable bonds is 3. The molecule has 18 heavy (non-hydrogen) atoms. The van der Waals surface area contributed by atoms with Crippen molar-refractivity contribution < 1.29 is 0 Å². The van der Waals surface area contributed by atoms with Crippen LogP contribution in [0.3, 0.4) is 0 Å². The Hall–Kier alpha value is -2.33. The summed E-state index contributed by atoms with van der Waals surface area (Å²) in [4.78, 5) is 4.08. The summed E-state index contributed by atoms with van der Waals surface area (Å²) in [6, 6.07) is 13.6. The molecule has 0 aliphatic rings. The average Bonchev–Trinajstić information content (AvgIpc) is 2.39. The van der Waals surface area contributed by atoms with Gasteiger partial charge in [0.25, 0.3) is 0 Å². The zero-order valence-electron chi connectivity index (χ0n) is 10.0. The normalized spacial score (nSPS) is 10.9. The second-order valence-corrected chi connectivity index (χ2v) is 3.95. The number of hydrogen-bond donors (Lipinski definition) is 3. The fraction of sp³-hybridized carbons (Fsp3) is 0.0714. The van der Waals surface area contributed by atoms with Crippen LogP contribution in [0.25, 0.3) is 11.1 Å². The zero-order valence-corrected chi connectivity index (χ0v) is 10.0. The van der Waals surface area contributed by atoms with Gasteiger partial charge in [-0.1, -0.05) is 18.2 Å². The van der Waals surface area contributed by atoms with E-state index in [1.54, 1.807) is 0 Å². The summed E-state index contributed by atoms with van der Waals surface area (Å²) in [7, 11) is 0. The maximum atomic E-state index is 5.78. The molecule has 92 valence electrons. The van der Waals surface area contributed by atoms with Gasteiger partial charge in [-0.15, -0.1) is 0 Å². The summed E-state index contributed by atoms with van der Waals surface area (Å²) < 4.78 is 0. The van der Waals surface area contributed by atoms with E-state index in [1.807, 2.05) is 42.5 Å². The maximum Gasteiger partial charge on any atom is 0.0860 e. The largest absolute Gasteiger partial charge is 0.399 e. The Balaban J connectivity index is 2.47. The van der Waals surface area contributed by atoms with Crippen LogP contribution in [-0.2, 0) is 6.54 Å². The number of hydrogen-bond acceptors (Lipinski definition) is 3. The Morgan fingerprint density at radius 2 is 1.83 bits per heavy atom.